The maximum absolute atomic E-state index is 12.5. The van der Waals surface area contributed by atoms with Gasteiger partial charge in [0.25, 0.3) is 0 Å². The van der Waals surface area contributed by atoms with Gasteiger partial charge in [-0.2, -0.15) is 4.72 Å². The summed E-state index contributed by atoms with van der Waals surface area (Å²) in [5, 5.41) is 9.19. The van der Waals surface area contributed by atoms with Gasteiger partial charge < -0.3 is 5.11 Å². The molecule has 1 aliphatic rings. The summed E-state index contributed by atoms with van der Waals surface area (Å²) in [6.07, 6.45) is 3.01. The molecule has 0 unspecified atom stereocenters. The minimum absolute atomic E-state index is 0.127. The molecule has 1 aromatic carbocycles. The molecule has 2 N–H and O–H groups in total. The van der Waals surface area contributed by atoms with Crippen molar-refractivity contribution in [2.45, 2.75) is 42.0 Å². The second-order valence-corrected chi connectivity index (χ2v) is 9.59. The Bertz CT molecular complexity index is 825. The Morgan fingerprint density at radius 3 is 2.39 bits per heavy atom. The topological polar surface area (TPSA) is 118 Å². The lowest BCUT2D eigenvalue weighted by Gasteiger charge is -2.16. The molecule has 9 heteroatoms. The van der Waals surface area contributed by atoms with Crippen LogP contribution < -0.4 is 4.72 Å². The number of benzene rings is 1. The molecule has 1 aliphatic carbocycles. The van der Waals surface area contributed by atoms with Gasteiger partial charge in [0.05, 0.1) is 9.79 Å². The summed E-state index contributed by atoms with van der Waals surface area (Å²) in [7, 11) is -7.70. The van der Waals surface area contributed by atoms with Gasteiger partial charge in [0.15, 0.2) is 9.84 Å². The van der Waals surface area contributed by atoms with Gasteiger partial charge in [-0.25, -0.2) is 16.8 Å². The van der Waals surface area contributed by atoms with Gasteiger partial charge >= 0.3 is 5.97 Å². The number of aryl methyl sites for hydroxylation is 1. The minimum atomic E-state index is -4.13. The Morgan fingerprint density at radius 1 is 1.30 bits per heavy atom. The van der Waals surface area contributed by atoms with Gasteiger partial charge in [0, 0.05) is 6.26 Å². The van der Waals surface area contributed by atoms with E-state index in [0.29, 0.717) is 5.56 Å². The summed E-state index contributed by atoms with van der Waals surface area (Å²) >= 11 is 0. The van der Waals surface area contributed by atoms with E-state index < -0.39 is 31.9 Å². The van der Waals surface area contributed by atoms with E-state index in [0.717, 1.165) is 25.2 Å². The highest BCUT2D eigenvalue weighted by Crippen LogP contribution is 2.34. The van der Waals surface area contributed by atoms with Gasteiger partial charge in [-0.15, -0.1) is 0 Å². The number of hydrogen-bond donors (Lipinski definition) is 2. The molecule has 7 nitrogen and oxygen atoms in total. The minimum Gasteiger partial charge on any atom is -0.480 e. The molecule has 0 bridgehead atoms. The molecule has 0 amide bonds. The molecule has 1 saturated carbocycles. The van der Waals surface area contributed by atoms with Gasteiger partial charge in [0.2, 0.25) is 10.0 Å². The van der Waals surface area contributed by atoms with Crippen LogP contribution in [-0.4, -0.2) is 40.2 Å². The normalized spacial score (nSPS) is 17.0. The Balaban J connectivity index is 2.36. The third-order valence-electron chi connectivity index (χ3n) is 3.74. The first-order valence-corrected chi connectivity index (χ1v) is 10.4. The largest absolute Gasteiger partial charge is 0.480 e. The van der Waals surface area contributed by atoms with Crippen LogP contribution in [0, 0.1) is 12.8 Å². The van der Waals surface area contributed by atoms with Gasteiger partial charge in [-0.05, 0) is 37.0 Å². The fraction of sp³-hybridized carbons (Fsp3) is 0.500. The van der Waals surface area contributed by atoms with E-state index in [-0.39, 0.29) is 22.1 Å². The lowest BCUT2D eigenvalue weighted by molar-refractivity contribution is -0.139. The van der Waals surface area contributed by atoms with Crippen molar-refractivity contribution in [2.24, 2.45) is 5.92 Å². The summed E-state index contributed by atoms with van der Waals surface area (Å²) in [4.78, 5) is 10.9. The quantitative estimate of drug-likeness (QED) is 0.746. The van der Waals surface area contributed by atoms with Crippen LogP contribution in [0.1, 0.15) is 24.8 Å². The zero-order valence-corrected chi connectivity index (χ0v) is 14.4. The number of aliphatic carboxylic acids is 1. The second kappa shape index (κ2) is 6.21. The van der Waals surface area contributed by atoms with Crippen LogP contribution in [0.3, 0.4) is 0 Å². The van der Waals surface area contributed by atoms with E-state index in [2.05, 4.69) is 4.72 Å². The number of sulfonamides is 1. The molecule has 0 spiro atoms. The van der Waals surface area contributed by atoms with E-state index in [4.69, 9.17) is 0 Å². The molecule has 0 saturated heterocycles. The molecule has 0 heterocycles. The number of sulfone groups is 1. The van der Waals surface area contributed by atoms with Gasteiger partial charge in [-0.1, -0.05) is 18.9 Å². The average Bonchev–Trinajstić information content (AvgIpc) is 3.20. The molecule has 1 fully saturated rings. The highest BCUT2D eigenvalue weighted by atomic mass is 32.2. The van der Waals surface area contributed by atoms with E-state index in [1.54, 1.807) is 0 Å². The number of rotatable bonds is 7. The van der Waals surface area contributed by atoms with E-state index in [1.165, 1.54) is 19.1 Å². The van der Waals surface area contributed by atoms with Crippen LogP contribution in [0.5, 0.6) is 0 Å². The Kier molecular flexibility index (Phi) is 4.84. The van der Waals surface area contributed by atoms with Crippen molar-refractivity contribution in [1.29, 1.82) is 0 Å². The summed E-state index contributed by atoms with van der Waals surface area (Å²) in [6, 6.07) is 2.56. The summed E-state index contributed by atoms with van der Waals surface area (Å²) in [5.41, 5.74) is 0.348. The van der Waals surface area contributed by atoms with E-state index in [1.807, 2.05) is 0 Å². The average molecular weight is 361 g/mol. The number of nitrogens with one attached hydrogen (secondary N) is 1. The molecular formula is C14H19NO6S2. The first kappa shape index (κ1) is 17.9. The third-order valence-corrected chi connectivity index (χ3v) is 6.46. The molecule has 0 radical (unpaired) electrons. The van der Waals surface area contributed by atoms with Crippen LogP contribution >= 0.6 is 0 Å². The van der Waals surface area contributed by atoms with Crippen molar-refractivity contribution < 1.29 is 26.7 Å². The first-order valence-electron chi connectivity index (χ1n) is 7.06. The monoisotopic (exact) mass is 361 g/mol. The van der Waals surface area contributed by atoms with Gasteiger partial charge in [-0.3, -0.25) is 4.79 Å². The fourth-order valence-corrected chi connectivity index (χ4v) is 4.43. The molecule has 128 valence electrons. The van der Waals surface area contributed by atoms with Gasteiger partial charge in [0.1, 0.15) is 6.04 Å². The molecule has 2 rings (SSSR count). The van der Waals surface area contributed by atoms with Crippen LogP contribution in [-0.2, 0) is 24.7 Å². The fourth-order valence-electron chi connectivity index (χ4n) is 2.24. The van der Waals surface area contributed by atoms with Crippen molar-refractivity contribution in [1.82, 2.24) is 4.72 Å². The van der Waals surface area contributed by atoms with Crippen LogP contribution in [0.15, 0.2) is 28.0 Å². The molecule has 0 aromatic heterocycles. The van der Waals surface area contributed by atoms with Crippen molar-refractivity contribution >= 4 is 25.8 Å². The Morgan fingerprint density at radius 2 is 1.91 bits per heavy atom. The second-order valence-electron chi connectivity index (χ2n) is 5.89. The molecule has 1 atom stereocenters. The lowest BCUT2D eigenvalue weighted by Crippen LogP contribution is -2.41. The zero-order chi connectivity index (χ0) is 17.4. The summed E-state index contributed by atoms with van der Waals surface area (Å²) in [6.45, 7) is 1.53. The van der Waals surface area contributed by atoms with E-state index in [9.17, 15) is 26.7 Å². The summed E-state index contributed by atoms with van der Waals surface area (Å²) < 4.78 is 50.3. The number of carboxylic acid groups (broad SMARTS) is 1. The maximum atomic E-state index is 12.5. The Hall–Kier alpha value is -1.45. The number of carbonyl (C=O) groups is 1. The lowest BCUT2D eigenvalue weighted by atomic mass is 10.1. The third kappa shape index (κ3) is 4.52. The smallest absolute Gasteiger partial charge is 0.321 e. The zero-order valence-electron chi connectivity index (χ0n) is 12.8. The number of hydrogen-bond acceptors (Lipinski definition) is 5. The predicted octanol–water partition coefficient (Wildman–Crippen LogP) is 0.930. The standard InChI is InChI=1S/C14H19NO6S2/c1-9-3-6-11(22(2,18)19)8-13(9)23(20,21)15-12(14(16)17)7-10-4-5-10/h3,6,8,10,12,15H,4-5,7H2,1-2H3,(H,16,17)/t12-/m0/s1. The molecular weight excluding hydrogens is 342 g/mol. The van der Waals surface area contributed by atoms with Crippen molar-refractivity contribution in [3.05, 3.63) is 23.8 Å². The van der Waals surface area contributed by atoms with Crippen LogP contribution in [0.25, 0.3) is 0 Å². The van der Waals surface area contributed by atoms with E-state index >= 15 is 0 Å². The predicted molar refractivity (Wildman–Crippen MR) is 83.4 cm³/mol. The van der Waals surface area contributed by atoms with Crippen molar-refractivity contribution in [2.75, 3.05) is 6.26 Å². The van der Waals surface area contributed by atoms with Crippen LogP contribution in [0.2, 0.25) is 0 Å². The van der Waals surface area contributed by atoms with Crippen molar-refractivity contribution in [3.8, 4) is 0 Å². The molecule has 0 aliphatic heterocycles. The highest BCUT2D eigenvalue weighted by molar-refractivity contribution is 7.91. The van der Waals surface area contributed by atoms with Crippen molar-refractivity contribution in [3.63, 3.8) is 0 Å². The first-order chi connectivity index (χ1) is 10.5. The SMILES string of the molecule is Cc1ccc(S(C)(=O)=O)cc1S(=O)(=O)N[C@@H](CC1CC1)C(=O)O. The highest BCUT2D eigenvalue weighted by Gasteiger charge is 2.33. The molecule has 23 heavy (non-hydrogen) atoms. The van der Waals surface area contributed by atoms with Crippen LogP contribution in [0.4, 0.5) is 0 Å². The molecule has 1 aromatic rings. The maximum Gasteiger partial charge on any atom is 0.321 e. The number of carboxylic acids is 1. The summed E-state index contributed by atoms with van der Waals surface area (Å²) in [5.74, 6) is -1.01. The Labute approximate surface area is 135 Å².